The van der Waals surface area contributed by atoms with Gasteiger partial charge < -0.3 is 26.2 Å². The third-order valence-corrected chi connectivity index (χ3v) is 4.39. The first kappa shape index (κ1) is 13.6. The second-order valence-electron chi connectivity index (χ2n) is 4.91. The van der Waals surface area contributed by atoms with E-state index < -0.39 is 12.2 Å². The molecule has 3 rings (SSSR count). The standard InChI is InChI=1S/C12H17N5O2S/c1-20-3-6-10(18)11(19)8(17-6)5-2-14-9-7(5)15-4-16-12(9)13/h2,4,6,8,10-11,14,17-19H,3H2,1H3,(H2,13,15,16)/t6-,8+,10?,11?/m1/s1. The van der Waals surface area contributed by atoms with E-state index in [1.807, 2.05) is 6.26 Å². The number of anilines is 1. The number of aliphatic hydroxyl groups excluding tert-OH is 2. The van der Waals surface area contributed by atoms with Crippen LogP contribution in [0.25, 0.3) is 11.0 Å². The fourth-order valence-corrected chi connectivity index (χ4v) is 3.33. The average molecular weight is 295 g/mol. The number of hydrogen-bond acceptors (Lipinski definition) is 7. The second-order valence-corrected chi connectivity index (χ2v) is 5.82. The molecule has 1 aliphatic rings. The number of aromatic amines is 1. The van der Waals surface area contributed by atoms with Crippen molar-refractivity contribution in [2.45, 2.75) is 24.3 Å². The van der Waals surface area contributed by atoms with Crippen molar-refractivity contribution in [3.8, 4) is 0 Å². The molecule has 2 aromatic rings. The van der Waals surface area contributed by atoms with E-state index in [-0.39, 0.29) is 12.1 Å². The van der Waals surface area contributed by atoms with Crippen molar-refractivity contribution in [1.82, 2.24) is 20.3 Å². The molecule has 0 aliphatic carbocycles. The molecule has 0 bridgehead atoms. The van der Waals surface area contributed by atoms with E-state index in [0.717, 1.165) is 11.3 Å². The van der Waals surface area contributed by atoms with E-state index in [4.69, 9.17) is 5.73 Å². The molecule has 7 nitrogen and oxygen atoms in total. The molecule has 0 spiro atoms. The van der Waals surface area contributed by atoms with E-state index >= 15 is 0 Å². The minimum atomic E-state index is -0.873. The van der Waals surface area contributed by atoms with Gasteiger partial charge in [0.05, 0.1) is 17.7 Å². The van der Waals surface area contributed by atoms with Crippen molar-refractivity contribution in [2.24, 2.45) is 0 Å². The van der Waals surface area contributed by atoms with Crippen LogP contribution in [0.1, 0.15) is 11.6 Å². The quantitative estimate of drug-likeness (QED) is 0.524. The maximum atomic E-state index is 10.2. The maximum absolute atomic E-state index is 10.2. The van der Waals surface area contributed by atoms with Crippen molar-refractivity contribution in [3.63, 3.8) is 0 Å². The van der Waals surface area contributed by atoms with Crippen molar-refractivity contribution in [3.05, 3.63) is 18.1 Å². The molecule has 1 fully saturated rings. The molecule has 20 heavy (non-hydrogen) atoms. The lowest BCUT2D eigenvalue weighted by Crippen LogP contribution is -2.34. The zero-order valence-corrected chi connectivity index (χ0v) is 11.8. The van der Waals surface area contributed by atoms with Gasteiger partial charge in [-0.05, 0) is 6.26 Å². The number of H-pyrrole nitrogens is 1. The molecular formula is C12H17N5O2S. The molecule has 8 heteroatoms. The number of hydrogen-bond donors (Lipinski definition) is 5. The smallest absolute Gasteiger partial charge is 0.151 e. The van der Waals surface area contributed by atoms with Crippen LogP contribution in [0.15, 0.2) is 12.5 Å². The highest BCUT2D eigenvalue weighted by molar-refractivity contribution is 7.98. The Hall–Kier alpha value is -1.35. The summed E-state index contributed by atoms with van der Waals surface area (Å²) in [5, 5.41) is 23.6. The van der Waals surface area contributed by atoms with Gasteiger partial charge in [0.15, 0.2) is 5.82 Å². The van der Waals surface area contributed by atoms with Gasteiger partial charge >= 0.3 is 0 Å². The minimum absolute atomic E-state index is 0.144. The highest BCUT2D eigenvalue weighted by Gasteiger charge is 2.42. The van der Waals surface area contributed by atoms with Gasteiger partial charge in [0.2, 0.25) is 0 Å². The number of aromatic nitrogens is 3. The van der Waals surface area contributed by atoms with E-state index in [2.05, 4.69) is 20.3 Å². The first-order valence-electron chi connectivity index (χ1n) is 6.32. The number of thioether (sulfide) groups is 1. The highest BCUT2D eigenvalue weighted by Crippen LogP contribution is 2.33. The lowest BCUT2D eigenvalue weighted by molar-refractivity contribution is 0.0308. The van der Waals surface area contributed by atoms with Crippen LogP contribution in [0.4, 0.5) is 5.82 Å². The Morgan fingerprint density at radius 2 is 2.15 bits per heavy atom. The molecule has 2 unspecified atom stereocenters. The fraction of sp³-hybridized carbons (Fsp3) is 0.500. The molecule has 108 valence electrons. The molecule has 0 saturated carbocycles. The van der Waals surface area contributed by atoms with Gasteiger partial charge in [-0.2, -0.15) is 11.8 Å². The van der Waals surface area contributed by atoms with E-state index in [0.29, 0.717) is 16.9 Å². The Labute approximate surface area is 120 Å². The Morgan fingerprint density at radius 3 is 2.90 bits per heavy atom. The van der Waals surface area contributed by atoms with Crippen molar-refractivity contribution >= 4 is 28.6 Å². The Bertz CT molecular complexity index is 619. The molecule has 2 aromatic heterocycles. The Kier molecular flexibility index (Phi) is 3.55. The summed E-state index contributed by atoms with van der Waals surface area (Å²) in [6, 6.07) is -0.515. The lowest BCUT2D eigenvalue weighted by atomic mass is 10.0. The van der Waals surface area contributed by atoms with Crippen LogP contribution in [0.2, 0.25) is 0 Å². The molecule has 0 amide bonds. The van der Waals surface area contributed by atoms with Gasteiger partial charge in [0.25, 0.3) is 0 Å². The van der Waals surface area contributed by atoms with E-state index in [1.54, 1.807) is 18.0 Å². The molecule has 3 heterocycles. The molecular weight excluding hydrogens is 278 g/mol. The number of nitrogens with two attached hydrogens (primary N) is 1. The van der Waals surface area contributed by atoms with Gasteiger partial charge in [-0.25, -0.2) is 9.97 Å². The zero-order chi connectivity index (χ0) is 14.3. The molecule has 6 N–H and O–H groups in total. The largest absolute Gasteiger partial charge is 0.389 e. The monoisotopic (exact) mass is 295 g/mol. The van der Waals surface area contributed by atoms with Crippen molar-refractivity contribution in [2.75, 3.05) is 17.7 Å². The predicted molar refractivity (Wildman–Crippen MR) is 78.4 cm³/mol. The molecule has 0 aromatic carbocycles. The number of fused-ring (bicyclic) bond motifs is 1. The normalized spacial score (nSPS) is 30.1. The second kappa shape index (κ2) is 5.21. The third kappa shape index (κ3) is 2.05. The summed E-state index contributed by atoms with van der Waals surface area (Å²) >= 11 is 1.62. The number of aliphatic hydroxyl groups is 2. The van der Waals surface area contributed by atoms with Crippen LogP contribution >= 0.6 is 11.8 Å². The van der Waals surface area contributed by atoms with Crippen LogP contribution < -0.4 is 11.1 Å². The number of nitrogens with zero attached hydrogens (tertiary/aromatic N) is 2. The van der Waals surface area contributed by atoms with Crippen LogP contribution in [0.3, 0.4) is 0 Å². The first-order chi connectivity index (χ1) is 9.63. The van der Waals surface area contributed by atoms with Crippen molar-refractivity contribution in [1.29, 1.82) is 0 Å². The summed E-state index contributed by atoms with van der Waals surface area (Å²) in [5.74, 6) is 1.10. The van der Waals surface area contributed by atoms with Gasteiger partial charge in [-0.15, -0.1) is 0 Å². The Balaban J connectivity index is 1.97. The van der Waals surface area contributed by atoms with Crippen LogP contribution in [0.5, 0.6) is 0 Å². The van der Waals surface area contributed by atoms with Gasteiger partial charge in [0.1, 0.15) is 17.9 Å². The SMILES string of the molecule is CSC[C@H]1N[C@@H](c2c[nH]c3c(N)ncnc23)C(O)C1O. The van der Waals surface area contributed by atoms with E-state index in [1.165, 1.54) is 6.33 Å². The average Bonchev–Trinajstić information content (AvgIpc) is 2.97. The first-order valence-corrected chi connectivity index (χ1v) is 7.71. The molecule has 0 radical (unpaired) electrons. The molecule has 4 atom stereocenters. The van der Waals surface area contributed by atoms with Gasteiger partial charge in [0, 0.05) is 23.6 Å². The number of rotatable bonds is 3. The number of nitrogens with one attached hydrogen (secondary N) is 2. The van der Waals surface area contributed by atoms with E-state index in [9.17, 15) is 10.2 Å². The number of nitrogen functional groups attached to an aromatic ring is 1. The lowest BCUT2D eigenvalue weighted by Gasteiger charge is -2.14. The summed E-state index contributed by atoms with van der Waals surface area (Å²) in [6.45, 7) is 0. The molecule has 1 saturated heterocycles. The van der Waals surface area contributed by atoms with Crippen LogP contribution in [-0.2, 0) is 0 Å². The summed E-state index contributed by atoms with van der Waals surface area (Å²) in [6.07, 6.45) is 3.45. The summed E-state index contributed by atoms with van der Waals surface area (Å²) in [5.41, 5.74) is 7.91. The van der Waals surface area contributed by atoms with Gasteiger partial charge in [-0.3, -0.25) is 0 Å². The van der Waals surface area contributed by atoms with Crippen LogP contribution in [-0.4, -0.2) is 55.4 Å². The topological polar surface area (TPSA) is 120 Å². The summed E-state index contributed by atoms with van der Waals surface area (Å²) < 4.78 is 0. The summed E-state index contributed by atoms with van der Waals surface area (Å²) in [7, 11) is 0. The maximum Gasteiger partial charge on any atom is 0.151 e. The zero-order valence-electron chi connectivity index (χ0n) is 10.9. The third-order valence-electron chi connectivity index (χ3n) is 3.70. The van der Waals surface area contributed by atoms with Gasteiger partial charge in [-0.1, -0.05) is 0 Å². The minimum Gasteiger partial charge on any atom is -0.389 e. The van der Waals surface area contributed by atoms with Crippen molar-refractivity contribution < 1.29 is 10.2 Å². The Morgan fingerprint density at radius 1 is 1.35 bits per heavy atom. The van der Waals surface area contributed by atoms with Crippen LogP contribution in [0, 0.1) is 0 Å². The summed E-state index contributed by atoms with van der Waals surface area (Å²) in [4.78, 5) is 11.2. The predicted octanol–water partition coefficient (Wildman–Crippen LogP) is -0.362. The molecule has 1 aliphatic heterocycles. The fourth-order valence-electron chi connectivity index (χ4n) is 2.68. The highest BCUT2D eigenvalue weighted by atomic mass is 32.2.